The summed E-state index contributed by atoms with van der Waals surface area (Å²) in [7, 11) is -0.954. The van der Waals surface area contributed by atoms with Crippen molar-refractivity contribution in [1.29, 1.82) is 0 Å². The van der Waals surface area contributed by atoms with Gasteiger partial charge in [-0.15, -0.1) is 0 Å². The second-order valence-corrected chi connectivity index (χ2v) is 19.9. The molecule has 1 unspecified atom stereocenters. The molecular formula is C49H73BN10O12. The Kier molecular flexibility index (Phi) is 20.2. The molecule has 1 saturated heterocycles. The van der Waals surface area contributed by atoms with Crippen molar-refractivity contribution in [2.45, 2.75) is 153 Å². The van der Waals surface area contributed by atoms with E-state index in [4.69, 9.17) is 37.3 Å². The second kappa shape index (κ2) is 25.6. The number of nitrogens with two attached hydrogens (primary N) is 4. The first-order chi connectivity index (χ1) is 34.1. The summed E-state index contributed by atoms with van der Waals surface area (Å²) in [5.41, 5.74) is 27.0. The minimum atomic E-state index is -1.79. The summed E-state index contributed by atoms with van der Waals surface area (Å²) < 4.78 is 12.6. The van der Waals surface area contributed by atoms with Crippen molar-refractivity contribution in [2.24, 2.45) is 40.2 Å². The molecule has 23 heteroatoms. The average molecular weight is 1000 g/mol. The number of unbranched alkanes of at least 4 members (excludes halogenated alkanes) is 2. The number of nitrogens with one attached hydrogen (secondary N) is 6. The Hall–Kier alpha value is -5.98. The van der Waals surface area contributed by atoms with Gasteiger partial charge in [0.1, 0.15) is 30.2 Å². The molecule has 4 fully saturated rings. The average Bonchev–Trinajstić information content (AvgIpc) is 3.71. The zero-order chi connectivity index (χ0) is 52.9. The minimum Gasteiger partial charge on any atom is -0.481 e. The zero-order valence-electron chi connectivity index (χ0n) is 41.6. The highest BCUT2D eigenvalue weighted by Crippen LogP contribution is 2.65. The van der Waals surface area contributed by atoms with E-state index in [1.807, 2.05) is 19.1 Å². The molecule has 1 heterocycles. The van der Waals surface area contributed by atoms with E-state index in [1.54, 1.807) is 24.3 Å². The SMILES string of the molecule is CCCCc1ccc(-c2ccc(C(=O)N[C@@H](CN)C(=O)N[C@@H](CCCC(=O)NC(CC(=O)O)C(=O)O)C(=O)N[C@@H](N)C(=O)N[C@@H](CCCCN)C(=O)N[C@@H](N)B3O[C@@H]4C[C@@H]5C[C@@H](C5(C)C)[C@]4(C)O3)cc2)cc1. The van der Waals surface area contributed by atoms with Gasteiger partial charge in [0.25, 0.3) is 11.8 Å². The highest BCUT2D eigenvalue weighted by atomic mass is 16.7. The van der Waals surface area contributed by atoms with Crippen LogP contribution in [0.25, 0.3) is 11.1 Å². The van der Waals surface area contributed by atoms with Crippen LogP contribution < -0.4 is 54.8 Å². The Morgan fingerprint density at radius 1 is 0.708 bits per heavy atom. The third-order valence-electron chi connectivity index (χ3n) is 14.4. The van der Waals surface area contributed by atoms with Gasteiger partial charge >= 0.3 is 19.1 Å². The van der Waals surface area contributed by atoms with E-state index in [9.17, 15) is 43.5 Å². The number of aryl methyl sites for hydroxylation is 1. The number of carboxylic acid groups (broad SMARTS) is 2. The van der Waals surface area contributed by atoms with Crippen LogP contribution in [0.5, 0.6) is 0 Å². The fourth-order valence-corrected chi connectivity index (χ4v) is 9.91. The molecule has 2 aromatic rings. The summed E-state index contributed by atoms with van der Waals surface area (Å²) in [5, 5.41) is 33.2. The lowest BCUT2D eigenvalue weighted by atomic mass is 9.43. The Balaban J connectivity index is 1.23. The molecular weight excluding hydrogens is 931 g/mol. The molecule has 6 amide bonds. The number of carboxylic acids is 2. The van der Waals surface area contributed by atoms with Crippen LogP contribution >= 0.6 is 0 Å². The van der Waals surface area contributed by atoms with Gasteiger partial charge in [0.15, 0.2) is 6.17 Å². The van der Waals surface area contributed by atoms with Gasteiger partial charge in [0, 0.05) is 18.5 Å². The number of hydrogen-bond donors (Lipinski definition) is 12. The smallest absolute Gasteiger partial charge is 0.481 e. The van der Waals surface area contributed by atoms with Crippen LogP contribution in [0.15, 0.2) is 48.5 Å². The molecule has 0 aromatic heterocycles. The highest BCUT2D eigenvalue weighted by molar-refractivity contribution is 6.47. The maximum Gasteiger partial charge on any atom is 0.497 e. The van der Waals surface area contributed by atoms with Gasteiger partial charge in [-0.25, -0.2) is 4.79 Å². The summed E-state index contributed by atoms with van der Waals surface area (Å²) in [6.07, 6.45) is 2.25. The number of amides is 6. The van der Waals surface area contributed by atoms with Crippen molar-refractivity contribution in [1.82, 2.24) is 31.9 Å². The van der Waals surface area contributed by atoms with Crippen molar-refractivity contribution in [3.05, 3.63) is 59.7 Å². The van der Waals surface area contributed by atoms with Gasteiger partial charge in [0.05, 0.1) is 18.1 Å². The molecule has 6 rings (SSSR count). The predicted octanol–water partition coefficient (Wildman–Crippen LogP) is 0.136. The Labute approximate surface area is 420 Å². The minimum absolute atomic E-state index is 0.0735. The fourth-order valence-electron chi connectivity index (χ4n) is 9.91. The van der Waals surface area contributed by atoms with Gasteiger partial charge in [-0.2, -0.15) is 0 Å². The van der Waals surface area contributed by atoms with Crippen molar-refractivity contribution in [3.63, 3.8) is 0 Å². The maximum absolute atomic E-state index is 13.9. The summed E-state index contributed by atoms with van der Waals surface area (Å²) in [6, 6.07) is 7.92. The van der Waals surface area contributed by atoms with Gasteiger partial charge in [-0.05, 0) is 117 Å². The third kappa shape index (κ3) is 14.6. The summed E-state index contributed by atoms with van der Waals surface area (Å²) in [4.78, 5) is 104. The number of rotatable bonds is 28. The Bertz CT molecular complexity index is 2250. The Morgan fingerprint density at radius 3 is 1.89 bits per heavy atom. The molecule has 394 valence electrons. The molecule has 0 spiro atoms. The van der Waals surface area contributed by atoms with Crippen LogP contribution in [0.2, 0.25) is 0 Å². The van der Waals surface area contributed by atoms with Gasteiger partial charge in [0.2, 0.25) is 23.6 Å². The monoisotopic (exact) mass is 1000 g/mol. The molecule has 72 heavy (non-hydrogen) atoms. The zero-order valence-corrected chi connectivity index (χ0v) is 41.6. The standard InChI is InChI=1S/C49H73BN10O12/c1-5-6-10-27-14-16-28(17-15-27)29-18-20-30(21-19-29)41(64)58-35(26-52)44(67)56-33(12-9-13-38(61)55-34(46(69)70)25-39(62)63)42(65)59-40(53)45(68)57-32(11-7-8-22-51)43(66)60-47(54)50-71-37-24-31-23-36(48(31,2)3)49(37,4)72-50/h14-21,31-37,40,47H,5-13,22-26,51-54H2,1-4H3,(H,55,61)(H,56,67)(H,57,68)(H,58,64)(H,59,65)(H,60,66)(H,62,63)(H,69,70)/t31-,32-,33-,34?,35-,36-,37+,40+,47+,49-/m0/s1. The summed E-state index contributed by atoms with van der Waals surface area (Å²) in [5.74, 6) is -7.37. The van der Waals surface area contributed by atoms with E-state index in [-0.39, 0.29) is 42.3 Å². The predicted molar refractivity (Wildman–Crippen MR) is 266 cm³/mol. The highest BCUT2D eigenvalue weighted by Gasteiger charge is 2.68. The molecule has 16 N–H and O–H groups in total. The first kappa shape index (κ1) is 56.9. The molecule has 22 nitrogen and oxygen atoms in total. The Morgan fingerprint density at radius 2 is 1.31 bits per heavy atom. The van der Waals surface area contributed by atoms with Crippen LogP contribution in [0.1, 0.15) is 114 Å². The normalized spacial score (nSPS) is 22.0. The molecule has 1 aliphatic heterocycles. The molecule has 4 aliphatic rings. The van der Waals surface area contributed by atoms with Crippen LogP contribution in [0.3, 0.4) is 0 Å². The van der Waals surface area contributed by atoms with Crippen LogP contribution in [-0.4, -0.2) is 126 Å². The quantitative estimate of drug-likeness (QED) is 0.0306. The number of carbonyl (C=O) groups excluding carboxylic acids is 6. The molecule has 2 aromatic carbocycles. The van der Waals surface area contributed by atoms with E-state index in [0.29, 0.717) is 25.3 Å². The number of benzene rings is 2. The molecule has 3 saturated carbocycles. The van der Waals surface area contributed by atoms with Crippen LogP contribution in [-0.2, 0) is 49.3 Å². The van der Waals surface area contributed by atoms with Crippen LogP contribution in [0, 0.1) is 17.3 Å². The van der Waals surface area contributed by atoms with Gasteiger partial charge in [-0.1, -0.05) is 63.6 Å². The van der Waals surface area contributed by atoms with Crippen molar-refractivity contribution < 1.29 is 57.9 Å². The van der Waals surface area contributed by atoms with E-state index >= 15 is 0 Å². The largest absolute Gasteiger partial charge is 0.497 e. The molecule has 10 atom stereocenters. The third-order valence-corrected chi connectivity index (χ3v) is 14.4. The first-order valence-corrected chi connectivity index (χ1v) is 24.8. The second-order valence-electron chi connectivity index (χ2n) is 19.9. The van der Waals surface area contributed by atoms with E-state index < -0.39 is 116 Å². The van der Waals surface area contributed by atoms with Crippen molar-refractivity contribution in [2.75, 3.05) is 13.1 Å². The lowest BCUT2D eigenvalue weighted by Gasteiger charge is -2.64. The number of aliphatic carboxylic acids is 2. The lowest BCUT2D eigenvalue weighted by molar-refractivity contribution is -0.199. The van der Waals surface area contributed by atoms with E-state index in [0.717, 1.165) is 43.2 Å². The summed E-state index contributed by atoms with van der Waals surface area (Å²) >= 11 is 0. The maximum atomic E-state index is 13.9. The van der Waals surface area contributed by atoms with Crippen LogP contribution in [0.4, 0.5) is 0 Å². The van der Waals surface area contributed by atoms with Crippen molar-refractivity contribution >= 4 is 54.5 Å². The first-order valence-electron chi connectivity index (χ1n) is 24.8. The fraction of sp³-hybridized carbons (Fsp3) is 0.592. The topological polar surface area (TPSA) is 372 Å². The molecule has 3 aliphatic carbocycles. The van der Waals surface area contributed by atoms with Gasteiger partial charge in [-0.3, -0.25) is 33.6 Å². The van der Waals surface area contributed by atoms with E-state index in [2.05, 4.69) is 64.8 Å². The van der Waals surface area contributed by atoms with Gasteiger partial charge < -0.3 is 74.4 Å². The number of hydrogen-bond acceptors (Lipinski definition) is 14. The van der Waals surface area contributed by atoms with E-state index in [1.165, 1.54) is 5.56 Å². The lowest BCUT2D eigenvalue weighted by Crippen LogP contribution is -2.65. The molecule has 0 radical (unpaired) electrons. The summed E-state index contributed by atoms with van der Waals surface area (Å²) in [6.45, 7) is 8.48. The number of carbonyl (C=O) groups is 8. The van der Waals surface area contributed by atoms with Crippen molar-refractivity contribution in [3.8, 4) is 11.1 Å². The molecule has 2 bridgehead atoms.